The maximum Gasteiger partial charge on any atom is 0.416 e. The Labute approximate surface area is 159 Å². The second-order valence-electron chi connectivity index (χ2n) is 5.85. The van der Waals surface area contributed by atoms with Gasteiger partial charge in [0.2, 0.25) is 5.91 Å². The fourth-order valence-corrected chi connectivity index (χ4v) is 2.66. The number of benzene rings is 2. The minimum atomic E-state index is -0.626. The molecule has 0 aliphatic rings. The van der Waals surface area contributed by atoms with Crippen molar-refractivity contribution in [2.75, 3.05) is 27.4 Å². The van der Waals surface area contributed by atoms with Crippen LogP contribution in [0.4, 0.5) is 4.79 Å². The highest BCUT2D eigenvalue weighted by Gasteiger charge is 2.22. The summed E-state index contributed by atoms with van der Waals surface area (Å²) >= 11 is 0. The fourth-order valence-electron chi connectivity index (χ4n) is 2.66. The van der Waals surface area contributed by atoms with Crippen molar-refractivity contribution in [3.8, 4) is 11.5 Å². The van der Waals surface area contributed by atoms with E-state index >= 15 is 0 Å². The molecule has 0 aliphatic carbocycles. The molecule has 0 atom stereocenters. The molecule has 2 aromatic rings. The molecule has 0 saturated heterocycles. The molecule has 0 radical (unpaired) electrons. The summed E-state index contributed by atoms with van der Waals surface area (Å²) in [4.78, 5) is 26.1. The Morgan fingerprint density at radius 1 is 0.926 bits per heavy atom. The first-order valence-electron chi connectivity index (χ1n) is 8.81. The lowest BCUT2D eigenvalue weighted by Crippen LogP contribution is -2.39. The molecule has 144 valence electrons. The largest absolute Gasteiger partial charge is 0.493 e. The number of amides is 2. The van der Waals surface area contributed by atoms with Gasteiger partial charge in [-0.1, -0.05) is 36.4 Å². The fraction of sp³-hybridized carbons (Fsp3) is 0.333. The summed E-state index contributed by atoms with van der Waals surface area (Å²) in [6.07, 6.45) is 0.00423. The molecular formula is C21H25NO5. The molecule has 2 aromatic carbocycles. The van der Waals surface area contributed by atoms with Gasteiger partial charge in [0.1, 0.15) is 0 Å². The van der Waals surface area contributed by atoms with Crippen molar-refractivity contribution in [2.45, 2.75) is 19.8 Å². The van der Waals surface area contributed by atoms with Crippen LogP contribution in [-0.4, -0.2) is 44.3 Å². The van der Waals surface area contributed by atoms with E-state index in [1.807, 2.05) is 42.5 Å². The van der Waals surface area contributed by atoms with Crippen molar-refractivity contribution in [2.24, 2.45) is 0 Å². The topological polar surface area (TPSA) is 65.1 Å². The molecule has 0 spiro atoms. The second-order valence-corrected chi connectivity index (χ2v) is 5.85. The molecular weight excluding hydrogens is 346 g/mol. The maximum absolute atomic E-state index is 12.7. The van der Waals surface area contributed by atoms with Crippen molar-refractivity contribution in [3.05, 3.63) is 59.7 Å². The van der Waals surface area contributed by atoms with Crippen molar-refractivity contribution in [1.29, 1.82) is 0 Å². The lowest BCUT2D eigenvalue weighted by molar-refractivity contribution is -0.128. The number of carbonyl (C=O) groups excluding carboxylic acids is 2. The minimum absolute atomic E-state index is 0.144. The van der Waals surface area contributed by atoms with Crippen LogP contribution in [0.3, 0.4) is 0 Å². The van der Waals surface area contributed by atoms with Crippen molar-refractivity contribution < 1.29 is 23.8 Å². The van der Waals surface area contributed by atoms with Gasteiger partial charge in [-0.05, 0) is 36.6 Å². The molecule has 2 amide bonds. The maximum atomic E-state index is 12.7. The number of hydrogen-bond donors (Lipinski definition) is 0. The number of hydrogen-bond acceptors (Lipinski definition) is 5. The van der Waals surface area contributed by atoms with Crippen LogP contribution in [0.25, 0.3) is 0 Å². The van der Waals surface area contributed by atoms with Crippen LogP contribution in [0, 0.1) is 0 Å². The standard InChI is InChI=1S/C21H25NO5/c1-4-27-21(24)22(20(23)15-16-8-6-5-7-9-16)13-12-17-10-11-18(25-2)19(14-17)26-3/h5-11,14H,4,12-13,15H2,1-3H3. The zero-order chi connectivity index (χ0) is 19.6. The van der Waals surface area contributed by atoms with E-state index in [2.05, 4.69) is 0 Å². The first-order chi connectivity index (χ1) is 13.1. The van der Waals surface area contributed by atoms with E-state index in [0.29, 0.717) is 17.9 Å². The first-order valence-corrected chi connectivity index (χ1v) is 8.81. The Morgan fingerprint density at radius 3 is 2.26 bits per heavy atom. The predicted octanol–water partition coefficient (Wildman–Crippen LogP) is 3.47. The van der Waals surface area contributed by atoms with E-state index in [1.54, 1.807) is 27.2 Å². The number of imide groups is 1. The summed E-state index contributed by atoms with van der Waals surface area (Å²) in [6.45, 7) is 2.15. The summed E-state index contributed by atoms with van der Waals surface area (Å²) in [5.74, 6) is 0.942. The minimum Gasteiger partial charge on any atom is -0.493 e. The third kappa shape index (κ3) is 5.74. The number of ether oxygens (including phenoxy) is 3. The van der Waals surface area contributed by atoms with Crippen LogP contribution in [-0.2, 0) is 22.4 Å². The van der Waals surface area contributed by atoms with Gasteiger partial charge >= 0.3 is 6.09 Å². The molecule has 0 aliphatic heterocycles. The highest BCUT2D eigenvalue weighted by molar-refractivity contribution is 5.93. The van der Waals surface area contributed by atoms with Gasteiger partial charge in [0, 0.05) is 6.54 Å². The van der Waals surface area contributed by atoms with Gasteiger partial charge in [-0.3, -0.25) is 4.79 Å². The molecule has 0 unspecified atom stereocenters. The molecule has 27 heavy (non-hydrogen) atoms. The van der Waals surface area contributed by atoms with Crippen molar-refractivity contribution in [1.82, 2.24) is 4.90 Å². The third-order valence-corrected chi connectivity index (χ3v) is 4.06. The Kier molecular flexibility index (Phi) is 7.67. The molecule has 0 saturated carbocycles. The lowest BCUT2D eigenvalue weighted by atomic mass is 10.1. The van der Waals surface area contributed by atoms with Crippen LogP contribution in [0.2, 0.25) is 0 Å². The second kappa shape index (κ2) is 10.2. The average Bonchev–Trinajstić information content (AvgIpc) is 2.69. The van der Waals surface area contributed by atoms with Crippen LogP contribution in [0.1, 0.15) is 18.1 Å². The number of carbonyl (C=O) groups is 2. The quantitative estimate of drug-likeness (QED) is 0.711. The van der Waals surface area contributed by atoms with Crippen molar-refractivity contribution in [3.63, 3.8) is 0 Å². The zero-order valence-electron chi connectivity index (χ0n) is 15.9. The molecule has 6 heteroatoms. The van der Waals surface area contributed by atoms with Gasteiger partial charge in [-0.2, -0.15) is 0 Å². The molecule has 2 rings (SSSR count). The molecule has 0 heterocycles. The molecule has 0 fully saturated rings. The summed E-state index contributed by atoms with van der Waals surface area (Å²) in [5.41, 5.74) is 1.78. The highest BCUT2D eigenvalue weighted by Crippen LogP contribution is 2.27. The van der Waals surface area contributed by atoms with Gasteiger partial charge in [-0.15, -0.1) is 0 Å². The number of methoxy groups -OCH3 is 2. The van der Waals surface area contributed by atoms with E-state index in [0.717, 1.165) is 16.0 Å². The Balaban J connectivity index is 2.10. The van der Waals surface area contributed by atoms with Crippen LogP contribution in [0.15, 0.2) is 48.5 Å². The van der Waals surface area contributed by atoms with Gasteiger partial charge in [0.05, 0.1) is 27.2 Å². The lowest BCUT2D eigenvalue weighted by Gasteiger charge is -2.20. The number of nitrogens with zero attached hydrogens (tertiary/aromatic N) is 1. The van der Waals surface area contributed by atoms with Crippen molar-refractivity contribution >= 4 is 12.0 Å². The van der Waals surface area contributed by atoms with E-state index in [4.69, 9.17) is 14.2 Å². The average molecular weight is 371 g/mol. The Morgan fingerprint density at radius 2 is 1.63 bits per heavy atom. The van der Waals surface area contributed by atoms with Gasteiger partial charge in [-0.25, -0.2) is 9.69 Å². The van der Waals surface area contributed by atoms with E-state index in [-0.39, 0.29) is 25.5 Å². The first kappa shape index (κ1) is 20.3. The van der Waals surface area contributed by atoms with Gasteiger partial charge < -0.3 is 14.2 Å². The SMILES string of the molecule is CCOC(=O)N(CCc1ccc(OC)c(OC)c1)C(=O)Cc1ccccc1. The Hall–Kier alpha value is -3.02. The van der Waals surface area contributed by atoms with E-state index in [1.165, 1.54) is 0 Å². The molecule has 0 N–H and O–H groups in total. The summed E-state index contributed by atoms with van der Waals surface area (Å²) in [7, 11) is 3.14. The summed E-state index contributed by atoms with van der Waals surface area (Å²) in [6, 6.07) is 14.8. The monoisotopic (exact) mass is 371 g/mol. The molecule has 6 nitrogen and oxygen atoms in total. The van der Waals surface area contributed by atoms with Gasteiger partial charge in [0.15, 0.2) is 11.5 Å². The Bertz CT molecular complexity index is 760. The van der Waals surface area contributed by atoms with Crippen LogP contribution in [0.5, 0.6) is 11.5 Å². The van der Waals surface area contributed by atoms with Crippen LogP contribution < -0.4 is 9.47 Å². The molecule has 0 bridgehead atoms. The normalized spacial score (nSPS) is 10.2. The third-order valence-electron chi connectivity index (χ3n) is 4.06. The predicted molar refractivity (Wildman–Crippen MR) is 102 cm³/mol. The van der Waals surface area contributed by atoms with E-state index < -0.39 is 6.09 Å². The van der Waals surface area contributed by atoms with Gasteiger partial charge in [0.25, 0.3) is 0 Å². The summed E-state index contributed by atoms with van der Waals surface area (Å²) in [5, 5.41) is 0. The zero-order valence-corrected chi connectivity index (χ0v) is 15.9. The summed E-state index contributed by atoms with van der Waals surface area (Å²) < 4.78 is 15.6. The smallest absolute Gasteiger partial charge is 0.416 e. The van der Waals surface area contributed by atoms with E-state index in [9.17, 15) is 9.59 Å². The highest BCUT2D eigenvalue weighted by atomic mass is 16.6. The van der Waals surface area contributed by atoms with Crippen LogP contribution >= 0.6 is 0 Å². The number of rotatable bonds is 8. The molecule has 0 aromatic heterocycles.